The predicted molar refractivity (Wildman–Crippen MR) is 127 cm³/mol. The van der Waals surface area contributed by atoms with Gasteiger partial charge in [-0.3, -0.25) is 14.3 Å². The lowest BCUT2D eigenvalue weighted by atomic mass is 9.84. The molecule has 0 saturated heterocycles. The number of benzene rings is 2. The van der Waals surface area contributed by atoms with Gasteiger partial charge in [-0.05, 0) is 41.8 Å². The molecule has 3 rings (SSSR count). The first-order valence-corrected chi connectivity index (χ1v) is 10.9. The van der Waals surface area contributed by atoms with Gasteiger partial charge >= 0.3 is 5.69 Å². The molecule has 31 heavy (non-hydrogen) atoms. The van der Waals surface area contributed by atoms with E-state index in [2.05, 4.69) is 42.3 Å². The molecule has 7 heteroatoms. The highest BCUT2D eigenvalue weighted by atomic mass is 32.2. The van der Waals surface area contributed by atoms with Crippen molar-refractivity contribution in [2.75, 3.05) is 18.1 Å². The normalized spacial score (nSPS) is 10.9. The van der Waals surface area contributed by atoms with E-state index in [9.17, 15) is 9.59 Å². The quantitative estimate of drug-likeness (QED) is 0.480. The zero-order valence-electron chi connectivity index (χ0n) is 18.2. The minimum atomic E-state index is -0.506. The van der Waals surface area contributed by atoms with Gasteiger partial charge in [-0.15, -0.1) is 0 Å². The number of aromatic amines is 1. The number of ether oxygens (including phenoxy) is 1. The van der Waals surface area contributed by atoms with Crippen LogP contribution >= 0.6 is 11.9 Å². The predicted octanol–water partition coefficient (Wildman–Crippen LogP) is 3.92. The van der Waals surface area contributed by atoms with E-state index in [1.165, 1.54) is 28.8 Å². The third-order valence-corrected chi connectivity index (χ3v) is 5.07. The molecule has 1 aromatic heterocycles. The SMILES string of the molecule is COc1c(C#Cc2ccc(NSC)cc2)cc(-n2ccc(=O)[nH]c2=O)cc1C(C)(C)C. The Morgan fingerprint density at radius 3 is 2.35 bits per heavy atom. The fourth-order valence-corrected chi connectivity index (χ4v) is 3.49. The molecule has 0 aliphatic carbocycles. The van der Waals surface area contributed by atoms with Gasteiger partial charge in [0.25, 0.3) is 5.56 Å². The fourth-order valence-electron chi connectivity index (χ4n) is 3.12. The number of nitrogens with one attached hydrogen (secondary N) is 2. The van der Waals surface area contributed by atoms with Gasteiger partial charge in [0.05, 0.1) is 18.4 Å². The molecular weight excluding hydrogens is 410 g/mol. The molecule has 0 saturated carbocycles. The van der Waals surface area contributed by atoms with Gasteiger partial charge in [-0.1, -0.05) is 44.6 Å². The van der Waals surface area contributed by atoms with E-state index in [0.29, 0.717) is 17.0 Å². The molecule has 0 fully saturated rings. The molecule has 0 spiro atoms. The van der Waals surface area contributed by atoms with E-state index in [-0.39, 0.29) is 5.41 Å². The van der Waals surface area contributed by atoms with Crippen LogP contribution in [0.25, 0.3) is 5.69 Å². The number of H-pyrrole nitrogens is 1. The molecule has 0 radical (unpaired) electrons. The van der Waals surface area contributed by atoms with E-state index in [1.807, 2.05) is 36.6 Å². The van der Waals surface area contributed by atoms with Crippen molar-refractivity contribution in [2.24, 2.45) is 0 Å². The summed E-state index contributed by atoms with van der Waals surface area (Å²) in [4.78, 5) is 26.1. The van der Waals surface area contributed by atoms with Crippen LogP contribution in [-0.4, -0.2) is 22.9 Å². The monoisotopic (exact) mass is 435 g/mol. The van der Waals surface area contributed by atoms with E-state index in [4.69, 9.17) is 4.74 Å². The molecule has 0 aliphatic rings. The zero-order chi connectivity index (χ0) is 22.6. The van der Waals surface area contributed by atoms with Crippen LogP contribution in [0, 0.1) is 11.8 Å². The first-order valence-electron chi connectivity index (χ1n) is 9.69. The van der Waals surface area contributed by atoms with E-state index in [1.54, 1.807) is 13.2 Å². The summed E-state index contributed by atoms with van der Waals surface area (Å²) in [6, 6.07) is 12.8. The van der Waals surface area contributed by atoms with Crippen molar-refractivity contribution in [3.8, 4) is 23.3 Å². The molecule has 2 aromatic carbocycles. The Morgan fingerprint density at radius 2 is 1.77 bits per heavy atom. The summed E-state index contributed by atoms with van der Waals surface area (Å²) >= 11 is 1.53. The first-order chi connectivity index (χ1) is 14.7. The van der Waals surface area contributed by atoms with Crippen LogP contribution in [0.15, 0.2) is 58.3 Å². The molecule has 160 valence electrons. The lowest BCUT2D eigenvalue weighted by Gasteiger charge is -2.24. The Hall–Kier alpha value is -3.37. The number of methoxy groups -OCH3 is 1. The van der Waals surface area contributed by atoms with Gasteiger partial charge in [-0.25, -0.2) is 4.79 Å². The van der Waals surface area contributed by atoms with Gasteiger partial charge in [0.15, 0.2) is 0 Å². The Morgan fingerprint density at radius 1 is 1.06 bits per heavy atom. The highest BCUT2D eigenvalue weighted by Gasteiger charge is 2.22. The standard InChI is InChI=1S/C24H25N3O3S/c1-24(2,3)20-15-19(27-13-12-21(28)25-23(27)29)14-17(22(20)30-4)9-6-16-7-10-18(11-8-16)26-31-5/h7-8,10-15,26H,1-5H3,(H,25,28,29). The molecule has 2 N–H and O–H groups in total. The topological polar surface area (TPSA) is 76.1 Å². The van der Waals surface area contributed by atoms with Crippen molar-refractivity contribution < 1.29 is 4.74 Å². The second-order valence-electron chi connectivity index (χ2n) is 7.94. The Bertz CT molecular complexity index is 1260. The summed E-state index contributed by atoms with van der Waals surface area (Å²) in [6.07, 6.45) is 3.43. The van der Waals surface area contributed by atoms with Crippen LogP contribution in [0.2, 0.25) is 0 Å². The van der Waals surface area contributed by atoms with Gasteiger partial charge in [-0.2, -0.15) is 0 Å². The van der Waals surface area contributed by atoms with E-state index in [0.717, 1.165) is 16.8 Å². The summed E-state index contributed by atoms with van der Waals surface area (Å²) in [7, 11) is 1.62. The average Bonchev–Trinajstić information content (AvgIpc) is 2.72. The largest absolute Gasteiger partial charge is 0.495 e. The molecule has 1 heterocycles. The van der Waals surface area contributed by atoms with Crippen LogP contribution in [-0.2, 0) is 5.41 Å². The van der Waals surface area contributed by atoms with Gasteiger partial charge in [0.2, 0.25) is 0 Å². The highest BCUT2D eigenvalue weighted by molar-refractivity contribution is 7.99. The minimum Gasteiger partial charge on any atom is -0.495 e. The third kappa shape index (κ3) is 5.22. The van der Waals surface area contributed by atoms with Crippen molar-refractivity contribution in [1.29, 1.82) is 0 Å². The first kappa shape index (κ1) is 22.3. The second kappa shape index (κ2) is 9.19. The lowest BCUT2D eigenvalue weighted by molar-refractivity contribution is 0.396. The van der Waals surface area contributed by atoms with Gasteiger partial charge < -0.3 is 9.46 Å². The zero-order valence-corrected chi connectivity index (χ0v) is 19.0. The number of aromatic nitrogens is 2. The van der Waals surface area contributed by atoms with E-state index < -0.39 is 11.2 Å². The Labute approximate surface area is 185 Å². The number of rotatable bonds is 4. The summed E-state index contributed by atoms with van der Waals surface area (Å²) < 4.78 is 10.3. The van der Waals surface area contributed by atoms with Crippen molar-refractivity contribution in [3.05, 3.63) is 86.2 Å². The van der Waals surface area contributed by atoms with Crippen molar-refractivity contribution in [2.45, 2.75) is 26.2 Å². The van der Waals surface area contributed by atoms with Gasteiger partial charge in [0, 0.05) is 35.3 Å². The number of anilines is 1. The van der Waals surface area contributed by atoms with Gasteiger partial charge in [0.1, 0.15) is 5.75 Å². The maximum atomic E-state index is 12.4. The van der Waals surface area contributed by atoms with Crippen molar-refractivity contribution in [3.63, 3.8) is 0 Å². The van der Waals surface area contributed by atoms with Crippen LogP contribution in [0.4, 0.5) is 5.69 Å². The number of hydrogen-bond acceptors (Lipinski definition) is 5. The third-order valence-electron chi connectivity index (χ3n) is 4.63. The van der Waals surface area contributed by atoms with Crippen LogP contribution in [0.1, 0.15) is 37.5 Å². The smallest absolute Gasteiger partial charge is 0.332 e. The highest BCUT2D eigenvalue weighted by Crippen LogP contribution is 2.35. The summed E-state index contributed by atoms with van der Waals surface area (Å²) in [5.41, 5.74) is 2.84. The summed E-state index contributed by atoms with van der Waals surface area (Å²) in [6.45, 7) is 6.21. The molecule has 0 aliphatic heterocycles. The maximum absolute atomic E-state index is 12.4. The lowest BCUT2D eigenvalue weighted by Crippen LogP contribution is -2.28. The summed E-state index contributed by atoms with van der Waals surface area (Å²) in [5, 5.41) is 0. The summed E-state index contributed by atoms with van der Waals surface area (Å²) in [5.74, 6) is 7.04. The Balaban J connectivity index is 2.17. The van der Waals surface area contributed by atoms with Crippen molar-refractivity contribution in [1.82, 2.24) is 9.55 Å². The number of nitrogens with zero attached hydrogens (tertiary/aromatic N) is 1. The molecule has 6 nitrogen and oxygen atoms in total. The molecular formula is C24H25N3O3S. The van der Waals surface area contributed by atoms with Crippen LogP contribution in [0.5, 0.6) is 5.75 Å². The molecule has 3 aromatic rings. The van der Waals surface area contributed by atoms with Crippen LogP contribution in [0.3, 0.4) is 0 Å². The molecule has 0 atom stereocenters. The second-order valence-corrected chi connectivity index (χ2v) is 8.55. The Kier molecular flexibility index (Phi) is 6.62. The van der Waals surface area contributed by atoms with E-state index >= 15 is 0 Å². The molecule has 0 unspecified atom stereocenters. The fraction of sp³-hybridized carbons (Fsp3) is 0.250. The molecule has 0 amide bonds. The molecule has 0 bridgehead atoms. The maximum Gasteiger partial charge on any atom is 0.332 e. The number of hydrogen-bond donors (Lipinski definition) is 2. The minimum absolute atomic E-state index is 0.255. The van der Waals surface area contributed by atoms with Crippen molar-refractivity contribution >= 4 is 17.6 Å². The average molecular weight is 436 g/mol. The van der Waals surface area contributed by atoms with Crippen LogP contribution < -0.4 is 20.7 Å².